The van der Waals surface area contributed by atoms with E-state index in [1.54, 1.807) is 0 Å². The van der Waals surface area contributed by atoms with Crippen molar-refractivity contribution in [2.45, 2.75) is 76.7 Å². The van der Waals surface area contributed by atoms with Gasteiger partial charge in [0, 0.05) is 5.41 Å². The molecule has 0 spiro atoms. The van der Waals surface area contributed by atoms with Crippen LogP contribution in [0, 0.1) is 34.5 Å². The van der Waals surface area contributed by atoms with Crippen molar-refractivity contribution >= 4 is 17.4 Å². The maximum absolute atomic E-state index is 12.6. The Morgan fingerprint density at radius 1 is 1.05 bits per heavy atom. The first kappa shape index (κ1) is 15.4. The fraction of sp³-hybridized carbons (Fsp3) is 0.947. The number of hydrogen-bond acceptors (Lipinski definition) is 2. The zero-order chi connectivity index (χ0) is 15.7. The Bertz CT molecular complexity index is 492. The summed E-state index contributed by atoms with van der Waals surface area (Å²) in [6, 6.07) is 0. The fourth-order valence-corrected chi connectivity index (χ4v) is 7.43. The largest absolute Gasteiger partial charge is 0.393 e. The average molecular weight is 325 g/mol. The Morgan fingerprint density at radius 3 is 2.59 bits per heavy atom. The standard InChI is InChI=1S/C19H29ClO2/c1-18-7-5-12(21)9-11(18)3-4-13-14(18)6-8-19(2)15(13)10-16(20)17(19)22/h11-16,21H,3-10H2,1-2H3/t11-,12+,13-,14+,15+,16-,18+,19+/m1/s1. The third-order valence-electron chi connectivity index (χ3n) is 8.34. The first-order valence-corrected chi connectivity index (χ1v) is 9.66. The Balaban J connectivity index is 1.64. The molecule has 0 heterocycles. The molecule has 4 aliphatic rings. The first-order chi connectivity index (χ1) is 10.4. The number of rotatable bonds is 0. The van der Waals surface area contributed by atoms with Crippen molar-refractivity contribution in [3.05, 3.63) is 0 Å². The summed E-state index contributed by atoms with van der Waals surface area (Å²) in [5.74, 6) is 2.94. The van der Waals surface area contributed by atoms with Crippen molar-refractivity contribution in [3.8, 4) is 0 Å². The smallest absolute Gasteiger partial charge is 0.156 e. The molecule has 0 bridgehead atoms. The Labute approximate surface area is 139 Å². The molecule has 0 aromatic heterocycles. The Kier molecular flexibility index (Phi) is 3.48. The van der Waals surface area contributed by atoms with Crippen LogP contribution in [0.15, 0.2) is 0 Å². The minimum absolute atomic E-state index is 0.0799. The van der Waals surface area contributed by atoms with Crippen LogP contribution in [-0.4, -0.2) is 22.4 Å². The van der Waals surface area contributed by atoms with E-state index in [-0.39, 0.29) is 16.9 Å². The van der Waals surface area contributed by atoms with Gasteiger partial charge in [-0.25, -0.2) is 0 Å². The molecule has 124 valence electrons. The lowest BCUT2D eigenvalue weighted by molar-refractivity contribution is -0.142. The van der Waals surface area contributed by atoms with Gasteiger partial charge in [-0.2, -0.15) is 0 Å². The minimum Gasteiger partial charge on any atom is -0.393 e. The Hall–Kier alpha value is -0.0800. The molecule has 0 saturated heterocycles. The number of aliphatic hydroxyl groups excluding tert-OH is 1. The average Bonchev–Trinajstić information content (AvgIpc) is 2.72. The molecule has 0 unspecified atom stereocenters. The van der Waals surface area contributed by atoms with Gasteiger partial charge in [-0.05, 0) is 80.5 Å². The van der Waals surface area contributed by atoms with Crippen LogP contribution in [0.5, 0.6) is 0 Å². The number of hydrogen-bond donors (Lipinski definition) is 1. The molecule has 4 fully saturated rings. The van der Waals surface area contributed by atoms with Crippen LogP contribution in [0.3, 0.4) is 0 Å². The molecule has 0 aliphatic heterocycles. The summed E-state index contributed by atoms with van der Waals surface area (Å²) in [5, 5.41) is 9.81. The summed E-state index contributed by atoms with van der Waals surface area (Å²) in [5.41, 5.74) is 0.238. The summed E-state index contributed by atoms with van der Waals surface area (Å²) >= 11 is 6.37. The molecule has 22 heavy (non-hydrogen) atoms. The van der Waals surface area contributed by atoms with Crippen LogP contribution in [0.4, 0.5) is 0 Å². The molecule has 0 amide bonds. The molecule has 3 heteroatoms. The van der Waals surface area contributed by atoms with E-state index < -0.39 is 0 Å². The minimum atomic E-state index is -0.243. The fourth-order valence-electron chi connectivity index (χ4n) is 6.98. The van der Waals surface area contributed by atoms with E-state index in [0.29, 0.717) is 29.0 Å². The second kappa shape index (κ2) is 4.96. The van der Waals surface area contributed by atoms with Gasteiger partial charge in [-0.3, -0.25) is 4.79 Å². The topological polar surface area (TPSA) is 37.3 Å². The first-order valence-electron chi connectivity index (χ1n) is 9.23. The van der Waals surface area contributed by atoms with E-state index in [0.717, 1.165) is 31.6 Å². The number of alkyl halides is 1. The molecule has 4 saturated carbocycles. The van der Waals surface area contributed by atoms with Gasteiger partial charge < -0.3 is 5.11 Å². The van der Waals surface area contributed by atoms with Gasteiger partial charge in [0.05, 0.1) is 11.5 Å². The monoisotopic (exact) mass is 324 g/mol. The van der Waals surface area contributed by atoms with E-state index in [1.165, 1.54) is 25.7 Å². The highest BCUT2D eigenvalue weighted by molar-refractivity contribution is 6.32. The van der Waals surface area contributed by atoms with Crippen molar-refractivity contribution in [2.75, 3.05) is 0 Å². The summed E-state index contributed by atoms with van der Waals surface area (Å²) in [6.45, 7) is 4.68. The molecule has 8 atom stereocenters. The molecule has 2 nitrogen and oxygen atoms in total. The molecular weight excluding hydrogens is 296 g/mol. The van der Waals surface area contributed by atoms with E-state index in [1.807, 2.05) is 0 Å². The number of Topliss-reactive ketones (excluding diaryl/α,β-unsaturated/α-hetero) is 1. The second-order valence-corrected chi connectivity index (χ2v) is 9.64. The Morgan fingerprint density at radius 2 is 1.82 bits per heavy atom. The number of aliphatic hydroxyl groups is 1. The predicted octanol–water partition coefficient (Wildman–Crippen LogP) is 4.18. The number of ketones is 1. The summed E-state index contributed by atoms with van der Waals surface area (Å²) in [6.07, 6.45) is 8.67. The van der Waals surface area contributed by atoms with E-state index in [9.17, 15) is 9.90 Å². The summed E-state index contributed by atoms with van der Waals surface area (Å²) < 4.78 is 0. The summed E-state index contributed by atoms with van der Waals surface area (Å²) in [7, 11) is 0. The lowest BCUT2D eigenvalue weighted by Crippen LogP contribution is -2.54. The van der Waals surface area contributed by atoms with Crippen LogP contribution < -0.4 is 0 Å². The van der Waals surface area contributed by atoms with E-state index in [2.05, 4.69) is 13.8 Å². The van der Waals surface area contributed by atoms with Crippen molar-refractivity contribution < 1.29 is 9.90 Å². The molecule has 0 aromatic carbocycles. The normalized spacial score (nSPS) is 57.9. The predicted molar refractivity (Wildman–Crippen MR) is 87.8 cm³/mol. The lowest BCUT2D eigenvalue weighted by atomic mass is 9.45. The van der Waals surface area contributed by atoms with E-state index in [4.69, 9.17) is 11.6 Å². The maximum atomic E-state index is 12.6. The number of carbonyl (C=O) groups is 1. The molecule has 0 aromatic rings. The zero-order valence-electron chi connectivity index (χ0n) is 13.9. The number of carbonyl (C=O) groups excluding carboxylic acids is 1. The van der Waals surface area contributed by atoms with Gasteiger partial charge in [-0.1, -0.05) is 13.8 Å². The highest BCUT2D eigenvalue weighted by Crippen LogP contribution is 2.65. The van der Waals surface area contributed by atoms with Crippen LogP contribution in [0.2, 0.25) is 0 Å². The van der Waals surface area contributed by atoms with Crippen molar-refractivity contribution in [2.24, 2.45) is 34.5 Å². The van der Waals surface area contributed by atoms with Gasteiger partial charge in [0.2, 0.25) is 0 Å². The van der Waals surface area contributed by atoms with Gasteiger partial charge in [0.1, 0.15) is 0 Å². The van der Waals surface area contributed by atoms with Gasteiger partial charge >= 0.3 is 0 Å². The highest BCUT2D eigenvalue weighted by Gasteiger charge is 2.62. The third kappa shape index (κ3) is 1.92. The van der Waals surface area contributed by atoms with Crippen LogP contribution in [0.1, 0.15) is 65.2 Å². The lowest BCUT2D eigenvalue weighted by Gasteiger charge is -2.60. The van der Waals surface area contributed by atoms with Crippen molar-refractivity contribution in [1.29, 1.82) is 0 Å². The SMILES string of the molecule is C[C@]12CC[C@H](O)C[C@H]1CC[C@@H]1[C@@H]2CC[C@]2(C)C(=O)[C@H](Cl)C[C@@H]12. The maximum Gasteiger partial charge on any atom is 0.156 e. The van der Waals surface area contributed by atoms with Crippen LogP contribution in [-0.2, 0) is 4.79 Å². The molecule has 4 aliphatic carbocycles. The second-order valence-electron chi connectivity index (χ2n) is 9.11. The molecule has 0 radical (unpaired) electrons. The highest BCUT2D eigenvalue weighted by atomic mass is 35.5. The quantitative estimate of drug-likeness (QED) is 0.679. The molecular formula is C19H29ClO2. The zero-order valence-corrected chi connectivity index (χ0v) is 14.6. The van der Waals surface area contributed by atoms with E-state index >= 15 is 0 Å². The van der Waals surface area contributed by atoms with Gasteiger partial charge in [-0.15, -0.1) is 11.6 Å². The third-order valence-corrected chi connectivity index (χ3v) is 8.71. The number of halogens is 1. The molecule has 4 rings (SSSR count). The van der Waals surface area contributed by atoms with Gasteiger partial charge in [0.25, 0.3) is 0 Å². The molecule has 1 N–H and O–H groups in total. The van der Waals surface area contributed by atoms with Gasteiger partial charge in [0.15, 0.2) is 5.78 Å². The van der Waals surface area contributed by atoms with Crippen LogP contribution in [0.25, 0.3) is 0 Å². The number of fused-ring (bicyclic) bond motifs is 5. The van der Waals surface area contributed by atoms with Crippen molar-refractivity contribution in [1.82, 2.24) is 0 Å². The van der Waals surface area contributed by atoms with Crippen LogP contribution >= 0.6 is 11.6 Å². The summed E-state index contributed by atoms with van der Waals surface area (Å²) in [4.78, 5) is 12.6. The van der Waals surface area contributed by atoms with Crippen molar-refractivity contribution in [3.63, 3.8) is 0 Å².